The minimum absolute atomic E-state index is 0.132. The van der Waals surface area contributed by atoms with Gasteiger partial charge in [0.15, 0.2) is 0 Å². The monoisotopic (exact) mass is 213 g/mol. The maximum absolute atomic E-state index is 10.3. The number of aliphatic carboxylic acids is 1. The summed E-state index contributed by atoms with van der Waals surface area (Å²) in [5, 5.41) is 12.7. The minimum Gasteiger partial charge on any atom is -0.550 e. The Morgan fingerprint density at radius 3 is 2.56 bits per heavy atom. The zero-order valence-electron chi connectivity index (χ0n) is 8.98. The van der Waals surface area contributed by atoms with Gasteiger partial charge in [0.2, 0.25) is 0 Å². The summed E-state index contributed by atoms with van der Waals surface area (Å²) in [6.45, 7) is 0. The van der Waals surface area contributed by atoms with Gasteiger partial charge in [-0.05, 0) is 35.6 Å². The van der Waals surface area contributed by atoms with Gasteiger partial charge in [-0.1, -0.05) is 42.5 Å². The Morgan fingerprint density at radius 2 is 1.81 bits per heavy atom. The van der Waals surface area contributed by atoms with Crippen LogP contribution in [0.3, 0.4) is 0 Å². The summed E-state index contributed by atoms with van der Waals surface area (Å²) in [5.41, 5.74) is 1.18. The summed E-state index contributed by atoms with van der Waals surface area (Å²) >= 11 is 0. The first-order valence-corrected chi connectivity index (χ1v) is 5.43. The molecule has 0 bridgehead atoms. The van der Waals surface area contributed by atoms with Crippen LogP contribution in [0, 0.1) is 0 Å². The van der Waals surface area contributed by atoms with E-state index in [-0.39, 0.29) is 6.42 Å². The highest BCUT2D eigenvalue weighted by atomic mass is 16.4. The molecule has 0 amide bonds. The lowest BCUT2D eigenvalue weighted by Crippen LogP contribution is -2.21. The number of benzene rings is 2. The Labute approximate surface area is 94.5 Å². The minimum atomic E-state index is -0.971. The lowest BCUT2D eigenvalue weighted by Gasteiger charge is -2.04. The third-order valence-corrected chi connectivity index (χ3v) is 2.66. The number of carboxylic acids is 1. The first kappa shape index (κ1) is 10.7. The van der Waals surface area contributed by atoms with E-state index in [9.17, 15) is 9.90 Å². The summed E-state index contributed by atoms with van der Waals surface area (Å²) in [6, 6.07) is 14.4. The molecule has 0 N–H and O–H groups in total. The maximum atomic E-state index is 10.3. The highest BCUT2D eigenvalue weighted by molar-refractivity contribution is 5.82. The van der Waals surface area contributed by atoms with Gasteiger partial charge < -0.3 is 9.90 Å². The molecular weight excluding hydrogens is 200 g/mol. The van der Waals surface area contributed by atoms with Gasteiger partial charge >= 0.3 is 0 Å². The lowest BCUT2D eigenvalue weighted by molar-refractivity contribution is -0.305. The molecule has 0 heterocycles. The number of hydrogen-bond donors (Lipinski definition) is 0. The number of carboxylic acid groups (broad SMARTS) is 1. The molecule has 2 aromatic carbocycles. The fourth-order valence-electron chi connectivity index (χ4n) is 1.83. The van der Waals surface area contributed by atoms with Crippen LogP contribution in [0.5, 0.6) is 0 Å². The van der Waals surface area contributed by atoms with Gasteiger partial charge in [0, 0.05) is 5.97 Å². The third-order valence-electron chi connectivity index (χ3n) is 2.66. The first-order valence-electron chi connectivity index (χ1n) is 5.43. The smallest absolute Gasteiger partial charge is 0.0414 e. The standard InChI is InChI=1S/C14H14O2/c15-14(16)7-3-4-11-8-9-12-5-1-2-6-13(12)10-11/h1-2,5-6,8-10H,3-4,7H2,(H,15,16)/p-1. The van der Waals surface area contributed by atoms with Gasteiger partial charge in [-0.2, -0.15) is 0 Å². The molecule has 2 rings (SSSR count). The topological polar surface area (TPSA) is 40.1 Å². The van der Waals surface area contributed by atoms with E-state index in [1.807, 2.05) is 12.1 Å². The van der Waals surface area contributed by atoms with Gasteiger partial charge in [-0.3, -0.25) is 0 Å². The van der Waals surface area contributed by atoms with Crippen LogP contribution in [0.1, 0.15) is 18.4 Å². The van der Waals surface area contributed by atoms with Crippen molar-refractivity contribution in [2.45, 2.75) is 19.3 Å². The second-order valence-corrected chi connectivity index (χ2v) is 3.91. The van der Waals surface area contributed by atoms with Crippen LogP contribution < -0.4 is 5.11 Å². The van der Waals surface area contributed by atoms with Crippen LogP contribution in [0.4, 0.5) is 0 Å². The normalized spacial score (nSPS) is 10.5. The van der Waals surface area contributed by atoms with Gasteiger partial charge in [-0.25, -0.2) is 0 Å². The van der Waals surface area contributed by atoms with Crippen molar-refractivity contribution in [1.29, 1.82) is 0 Å². The maximum Gasteiger partial charge on any atom is 0.0414 e. The number of rotatable bonds is 4. The fourth-order valence-corrected chi connectivity index (χ4v) is 1.83. The molecule has 0 aliphatic heterocycles. The average Bonchev–Trinajstić information content (AvgIpc) is 2.28. The van der Waals surface area contributed by atoms with Crippen molar-refractivity contribution in [1.82, 2.24) is 0 Å². The van der Waals surface area contributed by atoms with E-state index < -0.39 is 5.97 Å². The van der Waals surface area contributed by atoms with E-state index in [1.54, 1.807) is 0 Å². The van der Waals surface area contributed by atoms with Crippen LogP contribution in [-0.2, 0) is 11.2 Å². The first-order chi connectivity index (χ1) is 7.75. The van der Waals surface area contributed by atoms with Crippen LogP contribution >= 0.6 is 0 Å². The van der Waals surface area contributed by atoms with Crippen LogP contribution in [-0.4, -0.2) is 5.97 Å². The zero-order valence-corrected chi connectivity index (χ0v) is 8.98. The summed E-state index contributed by atoms with van der Waals surface area (Å²) < 4.78 is 0. The largest absolute Gasteiger partial charge is 0.550 e. The quantitative estimate of drug-likeness (QED) is 0.778. The number of hydrogen-bond acceptors (Lipinski definition) is 2. The molecule has 0 fully saturated rings. The molecule has 0 aromatic heterocycles. The average molecular weight is 213 g/mol. The summed E-state index contributed by atoms with van der Waals surface area (Å²) in [4.78, 5) is 10.3. The highest BCUT2D eigenvalue weighted by Crippen LogP contribution is 2.16. The van der Waals surface area contributed by atoms with Gasteiger partial charge in [0.25, 0.3) is 0 Å². The Balaban J connectivity index is 2.10. The predicted molar refractivity (Wildman–Crippen MR) is 61.9 cm³/mol. The Kier molecular flexibility index (Phi) is 3.20. The fraction of sp³-hybridized carbons (Fsp3) is 0.214. The Hall–Kier alpha value is -1.83. The summed E-state index contributed by atoms with van der Waals surface area (Å²) in [6.07, 6.45) is 1.56. The molecular formula is C14H13O2-. The summed E-state index contributed by atoms with van der Waals surface area (Å²) in [5.74, 6) is -0.971. The van der Waals surface area contributed by atoms with Gasteiger partial charge in [0.05, 0.1) is 0 Å². The van der Waals surface area contributed by atoms with Gasteiger partial charge in [0.1, 0.15) is 0 Å². The molecule has 0 saturated heterocycles. The SMILES string of the molecule is O=C([O-])CCCc1ccc2ccccc2c1. The van der Waals surface area contributed by atoms with E-state index in [4.69, 9.17) is 0 Å². The third kappa shape index (κ3) is 2.60. The number of carbonyl (C=O) groups excluding carboxylic acids is 1. The molecule has 2 heteroatoms. The predicted octanol–water partition coefficient (Wildman–Crippen LogP) is 1.91. The number of carbonyl (C=O) groups is 1. The molecule has 2 nitrogen and oxygen atoms in total. The van der Waals surface area contributed by atoms with Crippen molar-refractivity contribution >= 4 is 16.7 Å². The number of aryl methyl sites for hydroxylation is 1. The van der Waals surface area contributed by atoms with Crippen LogP contribution in [0.25, 0.3) is 10.8 Å². The van der Waals surface area contributed by atoms with E-state index in [0.717, 1.165) is 6.42 Å². The molecule has 0 aliphatic rings. The van der Waals surface area contributed by atoms with Crippen LogP contribution in [0.2, 0.25) is 0 Å². The lowest BCUT2D eigenvalue weighted by atomic mass is 10.0. The Morgan fingerprint density at radius 1 is 1.06 bits per heavy atom. The molecule has 0 aliphatic carbocycles. The molecule has 0 spiro atoms. The van der Waals surface area contributed by atoms with E-state index in [2.05, 4.69) is 30.3 Å². The van der Waals surface area contributed by atoms with E-state index in [1.165, 1.54) is 16.3 Å². The van der Waals surface area contributed by atoms with Crippen molar-refractivity contribution in [2.24, 2.45) is 0 Å². The molecule has 0 unspecified atom stereocenters. The number of fused-ring (bicyclic) bond motifs is 1. The van der Waals surface area contributed by atoms with Crippen LogP contribution in [0.15, 0.2) is 42.5 Å². The van der Waals surface area contributed by atoms with E-state index in [0.29, 0.717) is 6.42 Å². The van der Waals surface area contributed by atoms with Crippen molar-refractivity contribution in [3.8, 4) is 0 Å². The van der Waals surface area contributed by atoms with Crippen molar-refractivity contribution in [3.05, 3.63) is 48.0 Å². The van der Waals surface area contributed by atoms with Gasteiger partial charge in [-0.15, -0.1) is 0 Å². The molecule has 0 radical (unpaired) electrons. The second kappa shape index (κ2) is 4.79. The van der Waals surface area contributed by atoms with Crippen molar-refractivity contribution in [2.75, 3.05) is 0 Å². The zero-order chi connectivity index (χ0) is 11.4. The summed E-state index contributed by atoms with van der Waals surface area (Å²) in [7, 11) is 0. The molecule has 0 atom stereocenters. The molecule has 16 heavy (non-hydrogen) atoms. The highest BCUT2D eigenvalue weighted by Gasteiger charge is 1.96. The Bertz CT molecular complexity index is 503. The molecule has 82 valence electrons. The van der Waals surface area contributed by atoms with Crippen molar-refractivity contribution in [3.63, 3.8) is 0 Å². The molecule has 0 saturated carbocycles. The molecule has 2 aromatic rings. The van der Waals surface area contributed by atoms with Crippen molar-refractivity contribution < 1.29 is 9.90 Å². The van der Waals surface area contributed by atoms with E-state index >= 15 is 0 Å². The second-order valence-electron chi connectivity index (χ2n) is 3.91.